The van der Waals surface area contributed by atoms with Crippen LogP contribution >= 0.6 is 0 Å². The van der Waals surface area contributed by atoms with E-state index in [1.165, 1.54) is 37.2 Å². The highest BCUT2D eigenvalue weighted by Gasteiger charge is 2.22. The molecule has 2 N–H and O–H groups in total. The topological polar surface area (TPSA) is 93.2 Å². The summed E-state index contributed by atoms with van der Waals surface area (Å²) in [5, 5.41) is 6.10. The second-order valence-corrected chi connectivity index (χ2v) is 6.58. The van der Waals surface area contributed by atoms with Crippen LogP contribution in [0.2, 0.25) is 0 Å². The summed E-state index contributed by atoms with van der Waals surface area (Å²) in [5.74, 6) is 0.0167. The van der Waals surface area contributed by atoms with Crippen molar-refractivity contribution in [3.63, 3.8) is 0 Å². The van der Waals surface area contributed by atoms with Crippen molar-refractivity contribution in [2.45, 2.75) is 26.3 Å². The molecule has 0 saturated carbocycles. The molecule has 1 amide bonds. The lowest BCUT2D eigenvalue weighted by Crippen LogP contribution is -2.43. The second kappa shape index (κ2) is 10.8. The third-order valence-electron chi connectivity index (χ3n) is 4.07. The predicted octanol–water partition coefficient (Wildman–Crippen LogP) is 2.46. The van der Waals surface area contributed by atoms with Crippen LogP contribution in [-0.2, 0) is 20.7 Å². The quantitative estimate of drug-likeness (QED) is 0.511. The summed E-state index contributed by atoms with van der Waals surface area (Å²) in [6, 6.07) is 9.59. The van der Waals surface area contributed by atoms with Gasteiger partial charge in [-0.05, 0) is 24.0 Å². The number of carbonyl (C=O) groups is 2. The maximum absolute atomic E-state index is 12.6. The van der Waals surface area contributed by atoms with Gasteiger partial charge in [-0.25, -0.2) is 9.78 Å². The summed E-state index contributed by atoms with van der Waals surface area (Å²) in [6.45, 7) is 4.50. The largest absolute Gasteiger partial charge is 0.466 e. The Balaban J connectivity index is 1.91. The average Bonchev–Trinajstić information content (AvgIpc) is 2.71. The van der Waals surface area contributed by atoms with Gasteiger partial charge in [0.05, 0.1) is 25.2 Å². The molecule has 1 atom stereocenters. The molecule has 1 aromatic heterocycles. The van der Waals surface area contributed by atoms with Crippen molar-refractivity contribution >= 4 is 23.8 Å². The maximum atomic E-state index is 12.6. The van der Waals surface area contributed by atoms with E-state index in [0.29, 0.717) is 18.1 Å². The van der Waals surface area contributed by atoms with Crippen LogP contribution in [0, 0.1) is 5.92 Å². The summed E-state index contributed by atoms with van der Waals surface area (Å²) in [7, 11) is 1.31. The lowest BCUT2D eigenvalue weighted by atomic mass is 10.0. The first-order valence-electron chi connectivity index (χ1n) is 9.16. The van der Waals surface area contributed by atoms with Crippen molar-refractivity contribution in [2.24, 2.45) is 5.92 Å². The van der Waals surface area contributed by atoms with E-state index in [0.717, 1.165) is 6.42 Å². The van der Waals surface area contributed by atoms with Crippen molar-refractivity contribution < 1.29 is 14.3 Å². The first kappa shape index (κ1) is 21.1. The number of rotatable bonds is 9. The molecular weight excluding hydrogens is 356 g/mol. The van der Waals surface area contributed by atoms with Gasteiger partial charge in [0.1, 0.15) is 11.9 Å². The number of hydrogen-bond acceptors (Lipinski definition) is 6. The zero-order chi connectivity index (χ0) is 20.4. The Kier molecular flexibility index (Phi) is 8.14. The van der Waals surface area contributed by atoms with Gasteiger partial charge in [0, 0.05) is 12.6 Å². The van der Waals surface area contributed by atoms with Gasteiger partial charge >= 0.3 is 5.97 Å². The molecule has 7 nitrogen and oxygen atoms in total. The highest BCUT2D eigenvalue weighted by molar-refractivity contribution is 5.86. The van der Waals surface area contributed by atoms with E-state index in [-0.39, 0.29) is 11.8 Å². The molecule has 0 radical (unpaired) electrons. The molecule has 2 rings (SSSR count). The summed E-state index contributed by atoms with van der Waals surface area (Å²) in [4.78, 5) is 32.1. The summed E-state index contributed by atoms with van der Waals surface area (Å²) in [5.41, 5.74) is 1.70. The molecule has 1 aromatic carbocycles. The molecule has 0 aliphatic heterocycles. The van der Waals surface area contributed by atoms with Crippen LogP contribution in [0.5, 0.6) is 0 Å². The molecule has 148 valence electrons. The molecule has 0 spiro atoms. The minimum absolute atomic E-state index is 0.0671. The Hall–Kier alpha value is -3.22. The Morgan fingerprint density at radius 3 is 2.50 bits per heavy atom. The monoisotopic (exact) mass is 382 g/mol. The number of hydrogen-bond donors (Lipinski definition) is 2. The molecular formula is C21H26N4O3. The molecule has 2 aromatic rings. The van der Waals surface area contributed by atoms with E-state index >= 15 is 0 Å². The molecule has 0 bridgehead atoms. The van der Waals surface area contributed by atoms with Crippen LogP contribution < -0.4 is 10.6 Å². The maximum Gasteiger partial charge on any atom is 0.330 e. The molecule has 0 aliphatic carbocycles. The first-order chi connectivity index (χ1) is 13.5. The van der Waals surface area contributed by atoms with E-state index in [4.69, 9.17) is 0 Å². The summed E-state index contributed by atoms with van der Waals surface area (Å²) < 4.78 is 4.53. The predicted molar refractivity (Wildman–Crippen MR) is 108 cm³/mol. The summed E-state index contributed by atoms with van der Waals surface area (Å²) in [6.07, 6.45) is 6.61. The number of anilines is 1. The SMILES string of the molecule is COC(=O)C=Cc1cnc(N[C@@H](C(=O)NCCc2ccccc2)C(C)C)cn1. The highest BCUT2D eigenvalue weighted by Crippen LogP contribution is 2.11. The number of nitrogens with zero attached hydrogens (tertiary/aromatic N) is 2. The lowest BCUT2D eigenvalue weighted by Gasteiger charge is -2.22. The van der Waals surface area contributed by atoms with Gasteiger partial charge < -0.3 is 15.4 Å². The fourth-order valence-corrected chi connectivity index (χ4v) is 2.50. The van der Waals surface area contributed by atoms with E-state index in [9.17, 15) is 9.59 Å². The fourth-order valence-electron chi connectivity index (χ4n) is 2.50. The molecule has 0 fully saturated rings. The van der Waals surface area contributed by atoms with Crippen LogP contribution in [0.25, 0.3) is 6.08 Å². The smallest absolute Gasteiger partial charge is 0.330 e. The van der Waals surface area contributed by atoms with Gasteiger partial charge in [0.25, 0.3) is 0 Å². The van der Waals surface area contributed by atoms with Crippen molar-refractivity contribution in [3.05, 3.63) is 60.1 Å². The standard InChI is InChI=1S/C21H26N4O3/c1-15(2)20(21(27)22-12-11-16-7-5-4-6-8-16)25-18-14-23-17(13-24-18)9-10-19(26)28-3/h4-10,13-15,20H,11-12H2,1-3H3,(H,22,27)(H,24,25)/t20-/m1/s1. The molecule has 1 heterocycles. The van der Waals surface area contributed by atoms with Crippen LogP contribution in [0.15, 0.2) is 48.8 Å². The molecule has 0 saturated heterocycles. The van der Waals surface area contributed by atoms with Crippen molar-refractivity contribution in [2.75, 3.05) is 19.0 Å². The fraction of sp³-hybridized carbons (Fsp3) is 0.333. The number of ether oxygens (including phenoxy) is 1. The number of methoxy groups -OCH3 is 1. The van der Waals surface area contributed by atoms with Gasteiger partial charge in [-0.3, -0.25) is 9.78 Å². The van der Waals surface area contributed by atoms with Crippen LogP contribution in [0.4, 0.5) is 5.82 Å². The first-order valence-corrected chi connectivity index (χ1v) is 9.16. The minimum atomic E-state index is -0.462. The lowest BCUT2D eigenvalue weighted by molar-refractivity contribution is -0.134. The van der Waals surface area contributed by atoms with Gasteiger partial charge in [0.2, 0.25) is 5.91 Å². The van der Waals surface area contributed by atoms with Gasteiger partial charge in [-0.1, -0.05) is 44.2 Å². The zero-order valence-corrected chi connectivity index (χ0v) is 16.4. The molecule has 28 heavy (non-hydrogen) atoms. The minimum Gasteiger partial charge on any atom is -0.466 e. The Bertz CT molecular complexity index is 789. The number of aromatic nitrogens is 2. The highest BCUT2D eigenvalue weighted by atomic mass is 16.5. The molecule has 7 heteroatoms. The summed E-state index contributed by atoms with van der Waals surface area (Å²) >= 11 is 0. The van der Waals surface area contributed by atoms with Crippen LogP contribution in [0.3, 0.4) is 0 Å². The Morgan fingerprint density at radius 1 is 1.14 bits per heavy atom. The number of amides is 1. The number of carbonyl (C=O) groups excluding carboxylic acids is 2. The van der Waals surface area contributed by atoms with E-state index < -0.39 is 12.0 Å². The van der Waals surface area contributed by atoms with Crippen LogP contribution in [-0.4, -0.2) is 41.5 Å². The second-order valence-electron chi connectivity index (χ2n) is 6.58. The number of benzene rings is 1. The van der Waals surface area contributed by atoms with Gasteiger partial charge in [0.15, 0.2) is 0 Å². The molecule has 0 unspecified atom stereocenters. The normalized spacial score (nSPS) is 12.0. The van der Waals surface area contributed by atoms with E-state index in [1.54, 1.807) is 0 Å². The third-order valence-corrected chi connectivity index (χ3v) is 4.07. The Labute approximate surface area is 165 Å². The van der Waals surface area contributed by atoms with Crippen molar-refractivity contribution in [1.29, 1.82) is 0 Å². The van der Waals surface area contributed by atoms with Crippen molar-refractivity contribution in [1.82, 2.24) is 15.3 Å². The molecule has 0 aliphatic rings. The van der Waals surface area contributed by atoms with Crippen LogP contribution in [0.1, 0.15) is 25.1 Å². The van der Waals surface area contributed by atoms with Gasteiger partial charge in [-0.15, -0.1) is 0 Å². The zero-order valence-electron chi connectivity index (χ0n) is 16.4. The Morgan fingerprint density at radius 2 is 1.89 bits per heavy atom. The average molecular weight is 382 g/mol. The number of esters is 1. The van der Waals surface area contributed by atoms with E-state index in [1.807, 2.05) is 44.2 Å². The van der Waals surface area contributed by atoms with E-state index in [2.05, 4.69) is 25.3 Å². The van der Waals surface area contributed by atoms with Gasteiger partial charge in [-0.2, -0.15) is 0 Å². The number of nitrogens with one attached hydrogen (secondary N) is 2. The third kappa shape index (κ3) is 6.83. The van der Waals surface area contributed by atoms with Crippen molar-refractivity contribution in [3.8, 4) is 0 Å².